The standard InChI is InChI=1S/C17H21FN2O5S/c1-12-10-15(12)17(22)25-11-16(21)19-6-8-20(9-7-19)26(23,24)14-4-2-13(18)3-5-14/h2-5,12,15H,6-11H2,1H3/t12-,15+/m1/s1. The molecule has 1 aromatic rings. The number of esters is 1. The second kappa shape index (κ2) is 7.32. The number of halogens is 1. The fourth-order valence-electron chi connectivity index (χ4n) is 2.92. The lowest BCUT2D eigenvalue weighted by Crippen LogP contribution is -2.51. The van der Waals surface area contributed by atoms with Gasteiger partial charge < -0.3 is 9.64 Å². The predicted octanol–water partition coefficient (Wildman–Crippen LogP) is 0.858. The maximum Gasteiger partial charge on any atom is 0.309 e. The number of ether oxygens (including phenoxy) is 1. The molecule has 142 valence electrons. The summed E-state index contributed by atoms with van der Waals surface area (Å²) in [6, 6.07) is 4.64. The SMILES string of the molecule is C[C@@H]1C[C@@H]1C(=O)OCC(=O)N1CCN(S(=O)(=O)c2ccc(F)cc2)CC1. The van der Waals surface area contributed by atoms with Gasteiger partial charge in [0.1, 0.15) is 5.82 Å². The van der Waals surface area contributed by atoms with Crippen LogP contribution in [-0.4, -0.2) is 62.3 Å². The summed E-state index contributed by atoms with van der Waals surface area (Å²) in [5.41, 5.74) is 0. The van der Waals surface area contributed by atoms with Crippen LogP contribution >= 0.6 is 0 Å². The molecule has 0 radical (unpaired) electrons. The normalized spacial score (nSPS) is 23.5. The number of hydrogen-bond acceptors (Lipinski definition) is 5. The van der Waals surface area contributed by atoms with Crippen molar-refractivity contribution in [2.75, 3.05) is 32.8 Å². The summed E-state index contributed by atoms with van der Waals surface area (Å²) < 4.78 is 44.3. The van der Waals surface area contributed by atoms with Gasteiger partial charge in [-0.1, -0.05) is 6.92 Å². The van der Waals surface area contributed by atoms with Crippen molar-refractivity contribution in [3.05, 3.63) is 30.1 Å². The molecule has 26 heavy (non-hydrogen) atoms. The average Bonchev–Trinajstić information content (AvgIpc) is 3.36. The Bertz CT molecular complexity index is 788. The van der Waals surface area contributed by atoms with Crippen LogP contribution in [0.3, 0.4) is 0 Å². The summed E-state index contributed by atoms with van der Waals surface area (Å²) in [6.07, 6.45) is 0.799. The van der Waals surface area contributed by atoms with Crippen molar-refractivity contribution in [1.29, 1.82) is 0 Å². The average molecular weight is 384 g/mol. The van der Waals surface area contributed by atoms with Crippen LogP contribution < -0.4 is 0 Å². The quantitative estimate of drug-likeness (QED) is 0.703. The summed E-state index contributed by atoms with van der Waals surface area (Å²) in [5.74, 6) is -0.957. The zero-order chi connectivity index (χ0) is 18.9. The Morgan fingerprint density at radius 1 is 1.15 bits per heavy atom. The number of sulfonamides is 1. The van der Waals surface area contributed by atoms with Gasteiger partial charge in [0, 0.05) is 26.2 Å². The molecule has 2 atom stereocenters. The number of carbonyl (C=O) groups excluding carboxylic acids is 2. The molecule has 2 fully saturated rings. The molecule has 7 nitrogen and oxygen atoms in total. The maximum atomic E-state index is 13.0. The van der Waals surface area contributed by atoms with Gasteiger partial charge in [0.05, 0.1) is 10.8 Å². The van der Waals surface area contributed by atoms with Crippen LogP contribution in [0.15, 0.2) is 29.2 Å². The van der Waals surface area contributed by atoms with Crippen LogP contribution in [0.2, 0.25) is 0 Å². The van der Waals surface area contributed by atoms with Gasteiger partial charge in [-0.2, -0.15) is 4.31 Å². The molecule has 0 N–H and O–H groups in total. The number of carbonyl (C=O) groups is 2. The van der Waals surface area contributed by atoms with E-state index in [4.69, 9.17) is 4.74 Å². The van der Waals surface area contributed by atoms with Gasteiger partial charge in [0.15, 0.2) is 6.61 Å². The Hall–Kier alpha value is -2.00. The first-order valence-electron chi connectivity index (χ1n) is 8.49. The van der Waals surface area contributed by atoms with E-state index in [9.17, 15) is 22.4 Å². The Kier molecular flexibility index (Phi) is 5.29. The molecule has 1 saturated carbocycles. The van der Waals surface area contributed by atoms with Crippen LogP contribution in [0.1, 0.15) is 13.3 Å². The number of rotatable bonds is 5. The molecular weight excluding hydrogens is 363 g/mol. The predicted molar refractivity (Wildman–Crippen MR) is 90.0 cm³/mol. The topological polar surface area (TPSA) is 84.0 Å². The largest absolute Gasteiger partial charge is 0.455 e. The van der Waals surface area contributed by atoms with Crippen LogP contribution in [0.25, 0.3) is 0 Å². The number of amides is 1. The monoisotopic (exact) mass is 384 g/mol. The third-order valence-corrected chi connectivity index (χ3v) is 6.71. The van der Waals surface area contributed by atoms with Crippen molar-refractivity contribution in [1.82, 2.24) is 9.21 Å². The lowest BCUT2D eigenvalue weighted by molar-refractivity contribution is -0.153. The Balaban J connectivity index is 1.51. The molecule has 3 rings (SSSR count). The lowest BCUT2D eigenvalue weighted by Gasteiger charge is -2.33. The highest BCUT2D eigenvalue weighted by atomic mass is 32.2. The van der Waals surface area contributed by atoms with E-state index in [-0.39, 0.29) is 55.5 Å². The molecular formula is C17H21FN2O5S. The fraction of sp³-hybridized carbons (Fsp3) is 0.529. The van der Waals surface area contributed by atoms with Gasteiger partial charge in [-0.25, -0.2) is 12.8 Å². The molecule has 1 amide bonds. The minimum absolute atomic E-state index is 0.0196. The summed E-state index contributed by atoms with van der Waals surface area (Å²) >= 11 is 0. The number of nitrogens with zero attached hydrogens (tertiary/aromatic N) is 2. The zero-order valence-electron chi connectivity index (χ0n) is 14.4. The number of hydrogen-bond donors (Lipinski definition) is 0. The lowest BCUT2D eigenvalue weighted by atomic mass is 10.3. The number of benzene rings is 1. The highest BCUT2D eigenvalue weighted by molar-refractivity contribution is 7.89. The van der Waals surface area contributed by atoms with Gasteiger partial charge in [-0.15, -0.1) is 0 Å². The molecule has 9 heteroatoms. The Morgan fingerprint density at radius 2 is 1.73 bits per heavy atom. The molecule has 0 spiro atoms. The third-order valence-electron chi connectivity index (χ3n) is 4.79. The van der Waals surface area contributed by atoms with E-state index >= 15 is 0 Å². The van der Waals surface area contributed by atoms with E-state index in [0.29, 0.717) is 5.92 Å². The second-order valence-corrected chi connectivity index (χ2v) is 8.60. The summed E-state index contributed by atoms with van der Waals surface area (Å²) in [6.45, 7) is 2.35. The van der Waals surface area contributed by atoms with Crippen LogP contribution in [0.4, 0.5) is 4.39 Å². The van der Waals surface area contributed by atoms with Gasteiger partial charge in [-0.3, -0.25) is 9.59 Å². The van der Waals surface area contributed by atoms with E-state index < -0.39 is 15.8 Å². The highest BCUT2D eigenvalue weighted by Crippen LogP contribution is 2.38. The van der Waals surface area contributed by atoms with Crippen LogP contribution in [0, 0.1) is 17.7 Å². The van der Waals surface area contributed by atoms with E-state index in [2.05, 4.69) is 0 Å². The summed E-state index contributed by atoms with van der Waals surface area (Å²) in [7, 11) is -3.72. The summed E-state index contributed by atoms with van der Waals surface area (Å²) in [4.78, 5) is 25.3. The molecule has 1 heterocycles. The van der Waals surface area contributed by atoms with Crippen molar-refractivity contribution >= 4 is 21.9 Å². The fourth-order valence-corrected chi connectivity index (χ4v) is 4.34. The van der Waals surface area contributed by atoms with Crippen molar-refractivity contribution in [3.63, 3.8) is 0 Å². The van der Waals surface area contributed by atoms with E-state index in [1.54, 1.807) is 0 Å². The second-order valence-electron chi connectivity index (χ2n) is 6.67. The molecule has 1 saturated heterocycles. The zero-order valence-corrected chi connectivity index (χ0v) is 15.2. The van der Waals surface area contributed by atoms with Gasteiger partial charge in [0.25, 0.3) is 5.91 Å². The molecule has 1 aliphatic carbocycles. The van der Waals surface area contributed by atoms with Crippen molar-refractivity contribution in [2.24, 2.45) is 11.8 Å². The minimum atomic E-state index is -3.72. The van der Waals surface area contributed by atoms with Gasteiger partial charge >= 0.3 is 5.97 Å². The molecule has 1 aromatic carbocycles. The molecule has 0 bridgehead atoms. The Labute approximate surface area is 151 Å². The first-order valence-corrected chi connectivity index (χ1v) is 9.93. The van der Waals surface area contributed by atoms with E-state index in [1.807, 2.05) is 6.92 Å². The van der Waals surface area contributed by atoms with E-state index in [0.717, 1.165) is 18.6 Å². The molecule has 2 aliphatic rings. The Morgan fingerprint density at radius 3 is 2.27 bits per heavy atom. The first-order chi connectivity index (χ1) is 12.3. The van der Waals surface area contributed by atoms with Crippen molar-refractivity contribution in [3.8, 4) is 0 Å². The third kappa shape index (κ3) is 4.04. The first kappa shape index (κ1) is 18.8. The van der Waals surface area contributed by atoms with Crippen LogP contribution in [-0.2, 0) is 24.3 Å². The van der Waals surface area contributed by atoms with Gasteiger partial charge in [-0.05, 0) is 36.6 Å². The maximum absolute atomic E-state index is 13.0. The molecule has 0 unspecified atom stereocenters. The number of piperazine rings is 1. The van der Waals surface area contributed by atoms with Gasteiger partial charge in [0.2, 0.25) is 10.0 Å². The highest BCUT2D eigenvalue weighted by Gasteiger charge is 2.41. The molecule has 0 aromatic heterocycles. The molecule has 1 aliphatic heterocycles. The van der Waals surface area contributed by atoms with Crippen molar-refractivity contribution < 1.29 is 27.1 Å². The van der Waals surface area contributed by atoms with E-state index in [1.165, 1.54) is 21.3 Å². The minimum Gasteiger partial charge on any atom is -0.455 e. The smallest absolute Gasteiger partial charge is 0.309 e. The summed E-state index contributed by atoms with van der Waals surface area (Å²) in [5, 5.41) is 0. The van der Waals surface area contributed by atoms with Crippen LogP contribution in [0.5, 0.6) is 0 Å². The van der Waals surface area contributed by atoms with Crippen molar-refractivity contribution in [2.45, 2.75) is 18.2 Å².